The van der Waals surface area contributed by atoms with Crippen LogP contribution >= 0.6 is 11.3 Å². The van der Waals surface area contributed by atoms with Gasteiger partial charge in [-0.1, -0.05) is 0 Å². The van der Waals surface area contributed by atoms with Crippen molar-refractivity contribution < 1.29 is 9.53 Å². The Balaban J connectivity index is 1.81. The smallest absolute Gasteiger partial charge is 0.255 e. The zero-order valence-electron chi connectivity index (χ0n) is 7.73. The third-order valence-electron chi connectivity index (χ3n) is 2.70. The van der Waals surface area contributed by atoms with E-state index in [4.69, 9.17) is 4.74 Å². The van der Waals surface area contributed by atoms with Gasteiger partial charge in [-0.2, -0.15) is 0 Å². The van der Waals surface area contributed by atoms with Gasteiger partial charge in [0.05, 0.1) is 18.3 Å². The molecular weight excluding hydrogens is 198 g/mol. The Morgan fingerprint density at radius 2 is 2.50 bits per heavy atom. The minimum Gasteiger partial charge on any atom is -0.371 e. The Hall–Kier alpha value is -0.870. The summed E-state index contributed by atoms with van der Waals surface area (Å²) in [6, 6.07) is 1.93. The van der Waals surface area contributed by atoms with Crippen LogP contribution in [0.2, 0.25) is 0 Å². The van der Waals surface area contributed by atoms with E-state index in [1.54, 1.807) is 11.3 Å². The van der Waals surface area contributed by atoms with E-state index in [1.807, 2.05) is 16.3 Å². The lowest BCUT2D eigenvalue weighted by Gasteiger charge is -2.25. The number of rotatable bonds is 2. The van der Waals surface area contributed by atoms with Gasteiger partial charge in [-0.15, -0.1) is 11.3 Å². The van der Waals surface area contributed by atoms with Crippen molar-refractivity contribution in [2.24, 2.45) is 0 Å². The molecule has 1 aromatic heterocycles. The standard InChI is InChI=1S/C10H11NO2S/c12-10-8-2-4-14-9(8)1-3-11(10)5-7-6-13-7/h2,4,7H,1,3,5-6H2/t7-/m0/s1. The first kappa shape index (κ1) is 8.44. The van der Waals surface area contributed by atoms with E-state index in [2.05, 4.69) is 0 Å². The number of epoxide rings is 1. The molecule has 4 heteroatoms. The number of nitrogens with zero attached hydrogens (tertiary/aromatic N) is 1. The van der Waals surface area contributed by atoms with E-state index in [1.165, 1.54) is 4.88 Å². The molecule has 74 valence electrons. The molecule has 0 N–H and O–H groups in total. The van der Waals surface area contributed by atoms with Gasteiger partial charge < -0.3 is 9.64 Å². The predicted molar refractivity (Wildman–Crippen MR) is 53.7 cm³/mol. The van der Waals surface area contributed by atoms with Gasteiger partial charge in [0.1, 0.15) is 0 Å². The van der Waals surface area contributed by atoms with Crippen molar-refractivity contribution in [3.05, 3.63) is 21.9 Å². The Kier molecular flexibility index (Phi) is 1.85. The monoisotopic (exact) mass is 209 g/mol. The van der Waals surface area contributed by atoms with Crippen molar-refractivity contribution in [3.63, 3.8) is 0 Å². The number of amides is 1. The Bertz CT molecular complexity index is 370. The normalized spacial score (nSPS) is 25.0. The minimum absolute atomic E-state index is 0.183. The number of carbonyl (C=O) groups excluding carboxylic acids is 1. The SMILES string of the molecule is O=C1c2ccsc2CCN1C[C@H]1CO1. The van der Waals surface area contributed by atoms with Crippen LogP contribution in [-0.4, -0.2) is 36.6 Å². The quantitative estimate of drug-likeness (QED) is 0.684. The largest absolute Gasteiger partial charge is 0.371 e. The average molecular weight is 209 g/mol. The van der Waals surface area contributed by atoms with E-state index in [0.29, 0.717) is 6.10 Å². The molecule has 1 aromatic rings. The first-order valence-corrected chi connectivity index (χ1v) is 5.70. The maximum atomic E-state index is 11.9. The average Bonchev–Trinajstić information content (AvgIpc) is 2.85. The van der Waals surface area contributed by atoms with Gasteiger partial charge in [-0.3, -0.25) is 4.79 Å². The summed E-state index contributed by atoms with van der Waals surface area (Å²) in [4.78, 5) is 15.1. The summed E-state index contributed by atoms with van der Waals surface area (Å²) in [7, 11) is 0. The first-order valence-electron chi connectivity index (χ1n) is 4.82. The Morgan fingerprint density at radius 1 is 1.64 bits per heavy atom. The van der Waals surface area contributed by atoms with Gasteiger partial charge in [-0.25, -0.2) is 0 Å². The molecule has 3 heterocycles. The third kappa shape index (κ3) is 1.35. The van der Waals surface area contributed by atoms with Crippen LogP contribution in [0.1, 0.15) is 15.2 Å². The summed E-state index contributed by atoms with van der Waals surface area (Å²) in [5, 5.41) is 2.00. The fourth-order valence-corrected chi connectivity index (χ4v) is 2.69. The number of fused-ring (bicyclic) bond motifs is 1. The van der Waals surface area contributed by atoms with E-state index in [9.17, 15) is 4.79 Å². The highest BCUT2D eigenvalue weighted by Crippen LogP contribution is 2.25. The zero-order chi connectivity index (χ0) is 9.54. The molecule has 0 radical (unpaired) electrons. The topological polar surface area (TPSA) is 32.8 Å². The second kappa shape index (κ2) is 3.07. The van der Waals surface area contributed by atoms with Gasteiger partial charge in [0.15, 0.2) is 0 Å². The minimum atomic E-state index is 0.183. The van der Waals surface area contributed by atoms with Crippen LogP contribution in [0.25, 0.3) is 0 Å². The number of hydrogen-bond acceptors (Lipinski definition) is 3. The van der Waals surface area contributed by atoms with Gasteiger partial charge in [0.25, 0.3) is 5.91 Å². The Labute approximate surface area is 86.3 Å². The second-order valence-electron chi connectivity index (χ2n) is 3.71. The summed E-state index contributed by atoms with van der Waals surface area (Å²) in [6.07, 6.45) is 1.31. The summed E-state index contributed by atoms with van der Waals surface area (Å²) in [5.41, 5.74) is 0.905. The molecule has 1 atom stereocenters. The molecule has 0 unspecified atom stereocenters. The molecular formula is C10H11NO2S. The molecule has 1 fully saturated rings. The van der Waals surface area contributed by atoms with E-state index < -0.39 is 0 Å². The summed E-state index contributed by atoms with van der Waals surface area (Å²) in [6.45, 7) is 2.45. The second-order valence-corrected chi connectivity index (χ2v) is 4.71. The van der Waals surface area contributed by atoms with Gasteiger partial charge in [0.2, 0.25) is 0 Å². The van der Waals surface area contributed by atoms with Crippen molar-refractivity contribution in [2.75, 3.05) is 19.7 Å². The fraction of sp³-hybridized carbons (Fsp3) is 0.500. The fourth-order valence-electron chi connectivity index (χ4n) is 1.83. The van der Waals surface area contributed by atoms with E-state index >= 15 is 0 Å². The van der Waals surface area contributed by atoms with Crippen LogP contribution in [0.3, 0.4) is 0 Å². The van der Waals surface area contributed by atoms with Crippen molar-refractivity contribution in [3.8, 4) is 0 Å². The molecule has 3 rings (SSSR count). The number of carbonyl (C=O) groups is 1. The lowest BCUT2D eigenvalue weighted by atomic mass is 10.1. The molecule has 0 aromatic carbocycles. The van der Waals surface area contributed by atoms with Crippen LogP contribution in [-0.2, 0) is 11.2 Å². The number of thiophene rings is 1. The summed E-state index contributed by atoms with van der Waals surface area (Å²) in [5.74, 6) is 0.183. The molecule has 0 bridgehead atoms. The molecule has 1 saturated heterocycles. The van der Waals surface area contributed by atoms with Crippen LogP contribution in [0, 0.1) is 0 Å². The maximum absolute atomic E-state index is 11.9. The predicted octanol–water partition coefficient (Wildman–Crippen LogP) is 1.15. The summed E-state index contributed by atoms with van der Waals surface area (Å²) >= 11 is 1.69. The third-order valence-corrected chi connectivity index (χ3v) is 3.68. The highest BCUT2D eigenvalue weighted by Gasteiger charge is 2.31. The highest BCUT2D eigenvalue weighted by atomic mass is 32.1. The number of hydrogen-bond donors (Lipinski definition) is 0. The maximum Gasteiger partial charge on any atom is 0.255 e. The zero-order valence-corrected chi connectivity index (χ0v) is 8.55. The molecule has 1 amide bonds. The van der Waals surface area contributed by atoms with Gasteiger partial charge in [0, 0.05) is 24.4 Å². The van der Waals surface area contributed by atoms with Gasteiger partial charge in [-0.05, 0) is 11.4 Å². The molecule has 0 saturated carbocycles. The lowest BCUT2D eigenvalue weighted by molar-refractivity contribution is 0.0728. The Morgan fingerprint density at radius 3 is 3.29 bits per heavy atom. The van der Waals surface area contributed by atoms with Gasteiger partial charge >= 0.3 is 0 Å². The van der Waals surface area contributed by atoms with Crippen LogP contribution < -0.4 is 0 Å². The summed E-state index contributed by atoms with van der Waals surface area (Å²) < 4.78 is 5.14. The van der Waals surface area contributed by atoms with Crippen LogP contribution in [0.15, 0.2) is 11.4 Å². The van der Waals surface area contributed by atoms with Crippen LogP contribution in [0.5, 0.6) is 0 Å². The van der Waals surface area contributed by atoms with Crippen molar-refractivity contribution in [1.29, 1.82) is 0 Å². The van der Waals surface area contributed by atoms with Crippen LogP contribution in [0.4, 0.5) is 0 Å². The molecule has 0 spiro atoms. The lowest BCUT2D eigenvalue weighted by Crippen LogP contribution is -2.39. The molecule has 0 aliphatic carbocycles. The van der Waals surface area contributed by atoms with Crippen molar-refractivity contribution in [2.45, 2.75) is 12.5 Å². The molecule has 2 aliphatic heterocycles. The van der Waals surface area contributed by atoms with Crippen molar-refractivity contribution in [1.82, 2.24) is 4.90 Å². The molecule has 2 aliphatic rings. The van der Waals surface area contributed by atoms with E-state index in [0.717, 1.165) is 31.7 Å². The molecule has 3 nitrogen and oxygen atoms in total. The number of ether oxygens (including phenoxy) is 1. The first-order chi connectivity index (χ1) is 6.84. The highest BCUT2D eigenvalue weighted by molar-refractivity contribution is 7.10. The molecule has 14 heavy (non-hydrogen) atoms. The van der Waals surface area contributed by atoms with Crippen molar-refractivity contribution >= 4 is 17.2 Å². The van der Waals surface area contributed by atoms with E-state index in [-0.39, 0.29) is 5.91 Å².